The molecule has 8 atom stereocenters. The van der Waals surface area contributed by atoms with Crippen LogP contribution in [0, 0.1) is 5.92 Å². The number of carbonyl (C=O) groups excluding carboxylic acids is 1. The van der Waals surface area contributed by atoms with E-state index in [9.17, 15) is 14.4 Å². The standard InChI is InChI=1S/C28H49N5O5SSi2.C24H43N5O4SSi2/c1-16(2)22(34)31-25-30-21-18(23(35)32-25)29-15-33(21)24-20(37-40(12,13)26(3,4)5)19-17(39-24)14-36-41(38-19,27(6,7)8)28(9,10)11;1-22(2,3)35(10,11)32-17-16-14(12-31-36(33-16,23(4,5)6)24(7,8)9)34-20(17)29-13-26-15-18(29)27-21(25)28-19(15)30/h15-17,19-20,24H,14H2,1-13H3,(H2,30,31,32,34,35);13-14,16-17,20H,12H2,1-11H3,(H3,25,27,28,30)/t17-,19-,20?,24-;14-,16-,17?,20-/m11/s1. The van der Waals surface area contributed by atoms with Crippen molar-refractivity contribution in [3.05, 3.63) is 33.4 Å². The summed E-state index contributed by atoms with van der Waals surface area (Å²) in [5, 5.41) is 1.83. The van der Waals surface area contributed by atoms with Gasteiger partial charge < -0.3 is 32.3 Å². The van der Waals surface area contributed by atoms with Gasteiger partial charge in [0.25, 0.3) is 11.1 Å². The van der Waals surface area contributed by atoms with Crippen molar-refractivity contribution >= 4 is 97.4 Å². The second kappa shape index (κ2) is 20.6. The molecule has 432 valence electrons. The van der Waals surface area contributed by atoms with Crippen molar-refractivity contribution in [1.29, 1.82) is 0 Å². The highest BCUT2D eigenvalue weighted by Crippen LogP contribution is 2.61. The van der Waals surface area contributed by atoms with Crippen LogP contribution in [0.3, 0.4) is 0 Å². The minimum Gasteiger partial charge on any atom is -0.408 e. The largest absolute Gasteiger partial charge is 0.408 e. The molecular formula is C52H92N10O9S2Si4. The van der Waals surface area contributed by atoms with Crippen LogP contribution in [0.1, 0.15) is 149 Å². The molecule has 8 rings (SSSR count). The molecule has 2 unspecified atom stereocenters. The monoisotopic (exact) mass is 1180 g/mol. The minimum atomic E-state index is -2.77. The zero-order valence-corrected chi connectivity index (χ0v) is 56.1. The number of amides is 1. The molecule has 0 spiro atoms. The van der Waals surface area contributed by atoms with Gasteiger partial charge in [-0.05, 0) is 36.3 Å². The number of aromatic nitrogens is 8. The van der Waals surface area contributed by atoms with Gasteiger partial charge in [0.05, 0.1) is 48.6 Å². The van der Waals surface area contributed by atoms with Crippen LogP contribution >= 0.6 is 23.5 Å². The first-order valence-electron chi connectivity index (χ1n) is 27.2. The highest BCUT2D eigenvalue weighted by molar-refractivity contribution is 8.00. The predicted octanol–water partition coefficient (Wildman–Crippen LogP) is 11.3. The van der Waals surface area contributed by atoms with Crippen LogP contribution in [0.4, 0.5) is 11.9 Å². The summed E-state index contributed by atoms with van der Waals surface area (Å²) in [6.45, 7) is 54.0. The summed E-state index contributed by atoms with van der Waals surface area (Å²) in [6, 6.07) is 0. The lowest BCUT2D eigenvalue weighted by molar-refractivity contribution is -0.118. The number of nitrogen functional groups attached to an aromatic ring is 1. The van der Waals surface area contributed by atoms with Gasteiger partial charge in [0, 0.05) is 26.1 Å². The Morgan fingerprint density at radius 1 is 0.662 bits per heavy atom. The van der Waals surface area contributed by atoms with Gasteiger partial charge >= 0.3 is 17.1 Å². The van der Waals surface area contributed by atoms with E-state index in [2.05, 4.69) is 186 Å². The number of carbonyl (C=O) groups is 1. The summed E-state index contributed by atoms with van der Waals surface area (Å²) in [5.74, 6) is -0.307. The van der Waals surface area contributed by atoms with Gasteiger partial charge in [-0.3, -0.25) is 38.8 Å². The maximum atomic E-state index is 13.0. The molecule has 0 radical (unpaired) electrons. The fourth-order valence-electron chi connectivity index (χ4n) is 10.9. The summed E-state index contributed by atoms with van der Waals surface area (Å²) >= 11 is 3.49. The van der Waals surface area contributed by atoms with E-state index in [0.717, 1.165) is 0 Å². The second-order valence-corrected chi connectivity index (χ2v) is 50.7. The maximum absolute atomic E-state index is 13.0. The third-order valence-corrected chi connectivity index (χ3v) is 39.0. The van der Waals surface area contributed by atoms with Crippen molar-refractivity contribution in [1.82, 2.24) is 39.0 Å². The fourth-order valence-corrected chi connectivity index (χ4v) is 27.2. The topological polar surface area (TPSA) is 238 Å². The third-order valence-electron chi connectivity index (χ3n) is 16.7. The van der Waals surface area contributed by atoms with Crippen LogP contribution in [0.2, 0.25) is 56.4 Å². The predicted molar refractivity (Wildman–Crippen MR) is 321 cm³/mol. The minimum absolute atomic E-state index is 0.0187. The molecule has 4 saturated heterocycles. The summed E-state index contributed by atoms with van der Waals surface area (Å²) < 4.78 is 46.4. The van der Waals surface area contributed by atoms with Crippen LogP contribution < -0.4 is 22.2 Å². The second-order valence-electron chi connectivity index (χ2n) is 29.0. The first-order valence-corrected chi connectivity index (χ1v) is 38.5. The Hall–Kier alpha value is -2.70. The number of fused-ring (bicyclic) bond motifs is 4. The number of H-pyrrole nitrogens is 2. The van der Waals surface area contributed by atoms with Gasteiger partial charge in [-0.2, -0.15) is 9.97 Å². The quantitative estimate of drug-likeness (QED) is 0.120. The third kappa shape index (κ3) is 11.3. The van der Waals surface area contributed by atoms with Crippen molar-refractivity contribution < 1.29 is 31.4 Å². The van der Waals surface area contributed by atoms with Crippen molar-refractivity contribution in [2.75, 3.05) is 24.3 Å². The molecule has 1 amide bonds. The number of imidazole rings is 2. The van der Waals surface area contributed by atoms with E-state index in [1.807, 2.05) is 9.13 Å². The highest BCUT2D eigenvalue weighted by atomic mass is 32.2. The Bertz CT molecular complexity index is 2910. The Kier molecular flexibility index (Phi) is 16.6. The van der Waals surface area contributed by atoms with E-state index in [4.69, 9.17) is 32.3 Å². The van der Waals surface area contributed by atoms with Crippen molar-refractivity contribution in [2.45, 2.75) is 241 Å². The lowest BCUT2D eigenvalue weighted by Gasteiger charge is -2.54. The lowest BCUT2D eigenvalue weighted by atomic mass is 10.1. The molecule has 4 aromatic rings. The molecule has 8 heterocycles. The molecule has 0 bridgehead atoms. The number of hydrogen-bond acceptors (Lipinski definition) is 16. The number of hydrogen-bond donors (Lipinski definition) is 4. The normalized spacial score (nSPS) is 26.4. The van der Waals surface area contributed by atoms with E-state index in [1.54, 1.807) is 50.0 Å². The Labute approximate surface area is 469 Å². The van der Waals surface area contributed by atoms with Crippen LogP contribution in [-0.2, 0) is 31.4 Å². The Morgan fingerprint density at radius 2 is 1.03 bits per heavy atom. The summed E-state index contributed by atoms with van der Waals surface area (Å²) in [7, 11) is -9.94. The van der Waals surface area contributed by atoms with E-state index < -0.39 is 39.3 Å². The number of rotatable bonds is 8. The molecule has 4 aliphatic rings. The highest BCUT2D eigenvalue weighted by Gasteiger charge is 2.67. The van der Waals surface area contributed by atoms with Gasteiger partial charge in [-0.25, -0.2) is 9.97 Å². The Morgan fingerprint density at radius 3 is 1.38 bits per heavy atom. The molecule has 4 fully saturated rings. The van der Waals surface area contributed by atoms with Gasteiger partial charge in [-0.15, -0.1) is 23.5 Å². The zero-order chi connectivity index (χ0) is 58.0. The van der Waals surface area contributed by atoms with Crippen LogP contribution in [0.25, 0.3) is 22.3 Å². The van der Waals surface area contributed by atoms with Crippen LogP contribution in [0.15, 0.2) is 22.2 Å². The van der Waals surface area contributed by atoms with Crippen molar-refractivity contribution in [2.24, 2.45) is 5.92 Å². The average Bonchev–Trinajstić information content (AvgIpc) is 4.04. The SMILES string of the molecule is CC(C)(C)[Si](C)(C)OC1[C@H](n2cnc3c(=O)[nH]c(N)nc32)S[C@@H]2CO[Si](C(C)(C)C)(C(C)(C)C)O[C@@H]12.CC(C)C(=O)Nc1nc2c(ncn2[C@@H]2S[C@@H]3CO[Si](C(C)(C)C)(C(C)(C)C)O[C@H]3C2O[Si](C)(C)C(C)(C)C)c(=O)[nH]1. The van der Waals surface area contributed by atoms with Crippen molar-refractivity contribution in [3.8, 4) is 0 Å². The van der Waals surface area contributed by atoms with Crippen molar-refractivity contribution in [3.63, 3.8) is 0 Å². The average molecular weight is 1180 g/mol. The molecule has 19 nitrogen and oxygen atoms in total. The number of nitrogens with one attached hydrogen (secondary N) is 3. The zero-order valence-electron chi connectivity index (χ0n) is 50.5. The Balaban J connectivity index is 0.000000225. The fraction of sp³-hybridized carbons (Fsp3) is 0.788. The number of anilines is 2. The molecule has 0 aliphatic carbocycles. The van der Waals surface area contributed by atoms with Gasteiger partial charge in [-0.1, -0.05) is 138 Å². The van der Waals surface area contributed by atoms with Gasteiger partial charge in [0.15, 0.2) is 39.0 Å². The number of thioether (sulfide) groups is 2. The van der Waals surface area contributed by atoms with Gasteiger partial charge in [0.2, 0.25) is 17.8 Å². The summed E-state index contributed by atoms with van der Waals surface area (Å²) in [6.07, 6.45) is 2.45. The van der Waals surface area contributed by atoms with E-state index in [-0.39, 0.29) is 116 Å². The summed E-state index contributed by atoms with van der Waals surface area (Å²) in [5.41, 5.74) is 6.54. The molecule has 77 heavy (non-hydrogen) atoms. The van der Waals surface area contributed by atoms with E-state index in [0.29, 0.717) is 24.5 Å². The lowest BCUT2D eigenvalue weighted by Crippen LogP contribution is -2.65. The van der Waals surface area contributed by atoms with E-state index in [1.165, 1.54) is 0 Å². The van der Waals surface area contributed by atoms with Crippen LogP contribution in [-0.4, -0.2) is 127 Å². The van der Waals surface area contributed by atoms with E-state index >= 15 is 0 Å². The number of aromatic amines is 2. The first kappa shape index (κ1) is 61.9. The number of nitrogens with zero attached hydrogens (tertiary/aromatic N) is 6. The molecule has 0 saturated carbocycles. The number of nitrogens with two attached hydrogens (primary N) is 1. The molecule has 4 aromatic heterocycles. The molecule has 25 heteroatoms. The molecule has 5 N–H and O–H groups in total. The summed E-state index contributed by atoms with van der Waals surface area (Å²) in [4.78, 5) is 61.0. The smallest absolute Gasteiger partial charge is 0.349 e. The molecule has 4 aliphatic heterocycles. The maximum Gasteiger partial charge on any atom is 0.349 e. The van der Waals surface area contributed by atoms with Crippen LogP contribution in [0.5, 0.6) is 0 Å². The molecule has 0 aromatic carbocycles. The van der Waals surface area contributed by atoms with Gasteiger partial charge in [0.1, 0.15) is 23.0 Å². The first-order chi connectivity index (χ1) is 34.9. The molecular weight excluding hydrogens is 1090 g/mol.